The molecule has 4 heterocycles. The van der Waals surface area contributed by atoms with Gasteiger partial charge in [-0.15, -0.1) is 0 Å². The molecule has 6 rings (SSSR count). The lowest BCUT2D eigenvalue weighted by molar-refractivity contribution is 0.0544. The molecule has 1 unspecified atom stereocenters. The second kappa shape index (κ2) is 8.87. The van der Waals surface area contributed by atoms with Crippen molar-refractivity contribution in [3.8, 4) is 11.3 Å². The fourth-order valence-electron chi connectivity index (χ4n) is 6.29. The molecule has 0 radical (unpaired) electrons. The molecule has 2 aromatic heterocycles. The molecule has 3 aromatic rings. The van der Waals surface area contributed by atoms with Crippen LogP contribution >= 0.6 is 0 Å². The third-order valence-corrected chi connectivity index (χ3v) is 7.90. The van der Waals surface area contributed by atoms with Gasteiger partial charge in [-0.1, -0.05) is 12.1 Å². The van der Waals surface area contributed by atoms with Crippen molar-refractivity contribution in [2.45, 2.75) is 32.1 Å². The van der Waals surface area contributed by atoms with Gasteiger partial charge < -0.3 is 9.64 Å². The van der Waals surface area contributed by atoms with Crippen LogP contribution < -0.4 is 0 Å². The van der Waals surface area contributed by atoms with Crippen LogP contribution in [0.2, 0.25) is 0 Å². The highest BCUT2D eigenvalue weighted by Crippen LogP contribution is 2.43. The van der Waals surface area contributed by atoms with E-state index in [9.17, 15) is 0 Å². The topological polar surface area (TPSA) is 51.1 Å². The Morgan fingerprint density at radius 1 is 0.906 bits per heavy atom. The molecular formula is C27H32N4O. The van der Waals surface area contributed by atoms with E-state index >= 15 is 0 Å². The van der Waals surface area contributed by atoms with Crippen LogP contribution in [0.15, 0.2) is 48.7 Å². The maximum Gasteiger partial charge on any atom is 0.0930 e. The van der Waals surface area contributed by atoms with Gasteiger partial charge >= 0.3 is 0 Å². The van der Waals surface area contributed by atoms with Gasteiger partial charge in [-0.3, -0.25) is 4.98 Å². The first-order valence-electron chi connectivity index (χ1n) is 12.3. The minimum absolute atomic E-state index is 0.766. The molecule has 0 spiro atoms. The van der Waals surface area contributed by atoms with E-state index in [1.807, 2.05) is 12.3 Å². The largest absolute Gasteiger partial charge is 0.381 e. The molecule has 3 atom stereocenters. The average Bonchev–Trinajstić information content (AvgIpc) is 3.38. The number of nitrogens with zero attached hydrogens (tertiary/aromatic N) is 4. The van der Waals surface area contributed by atoms with E-state index < -0.39 is 0 Å². The van der Waals surface area contributed by atoms with Crippen molar-refractivity contribution >= 4 is 10.9 Å². The third kappa shape index (κ3) is 4.28. The van der Waals surface area contributed by atoms with Crippen molar-refractivity contribution < 1.29 is 4.74 Å². The van der Waals surface area contributed by atoms with E-state index in [1.54, 1.807) is 0 Å². The van der Waals surface area contributed by atoms with Crippen LogP contribution in [0.3, 0.4) is 0 Å². The second-order valence-electron chi connectivity index (χ2n) is 10.2. The molecule has 1 saturated carbocycles. The highest BCUT2D eigenvalue weighted by Gasteiger charge is 2.41. The zero-order valence-corrected chi connectivity index (χ0v) is 18.7. The number of benzene rings is 1. The molecule has 3 fully saturated rings. The summed E-state index contributed by atoms with van der Waals surface area (Å²) in [4.78, 5) is 7.15. The standard InChI is InChI=1S/C27H32N4O/c1-2-21-15-22(3-5-26(21)28-9-1)27-6-4-25(29-30-27)14-20-12-23-17-31(18-24(23)13-20)16-19-7-10-32-11-8-19/h1-6,9,15,19-20,23-24H,7-8,10-14,16-18H2/t20?,23-,24+. The minimum Gasteiger partial charge on any atom is -0.381 e. The van der Waals surface area contributed by atoms with Crippen molar-refractivity contribution in [3.63, 3.8) is 0 Å². The van der Waals surface area contributed by atoms with E-state index in [2.05, 4.69) is 56.5 Å². The predicted molar refractivity (Wildman–Crippen MR) is 126 cm³/mol. The highest BCUT2D eigenvalue weighted by atomic mass is 16.5. The van der Waals surface area contributed by atoms with Crippen LogP contribution in [0.1, 0.15) is 31.4 Å². The molecular weight excluding hydrogens is 396 g/mol. The maximum absolute atomic E-state index is 5.53. The van der Waals surface area contributed by atoms with Crippen LogP contribution in [0, 0.1) is 23.7 Å². The number of hydrogen-bond donors (Lipinski definition) is 0. The molecule has 1 aliphatic carbocycles. The lowest BCUT2D eigenvalue weighted by Crippen LogP contribution is -2.31. The Bertz CT molecular complexity index is 1050. The summed E-state index contributed by atoms with van der Waals surface area (Å²) in [7, 11) is 0. The molecule has 3 aliphatic rings. The lowest BCUT2D eigenvalue weighted by atomic mass is 9.98. The van der Waals surface area contributed by atoms with Crippen molar-refractivity contribution in [2.75, 3.05) is 32.8 Å². The summed E-state index contributed by atoms with van der Waals surface area (Å²) >= 11 is 0. The molecule has 32 heavy (non-hydrogen) atoms. The Hall–Kier alpha value is -2.37. The van der Waals surface area contributed by atoms with Crippen LogP contribution in [0.4, 0.5) is 0 Å². The molecule has 1 aromatic carbocycles. The number of pyridine rings is 1. The van der Waals surface area contributed by atoms with Crippen LogP contribution in [-0.4, -0.2) is 52.9 Å². The zero-order valence-electron chi connectivity index (χ0n) is 18.7. The van der Waals surface area contributed by atoms with Gasteiger partial charge in [-0.25, -0.2) is 0 Å². The molecule has 0 N–H and O–H groups in total. The van der Waals surface area contributed by atoms with Gasteiger partial charge in [0.15, 0.2) is 0 Å². The first-order valence-corrected chi connectivity index (χ1v) is 12.3. The predicted octanol–water partition coefficient (Wildman–Crippen LogP) is 4.62. The number of fused-ring (bicyclic) bond motifs is 2. The molecule has 0 amide bonds. The van der Waals surface area contributed by atoms with Crippen LogP contribution in [0.25, 0.3) is 22.2 Å². The normalized spacial score (nSPS) is 26.6. The number of hydrogen-bond acceptors (Lipinski definition) is 5. The first-order chi connectivity index (χ1) is 15.8. The molecule has 2 aliphatic heterocycles. The molecule has 2 saturated heterocycles. The number of rotatable bonds is 5. The number of likely N-dealkylation sites (tertiary alicyclic amines) is 1. The molecule has 5 heteroatoms. The Labute approximate surface area is 190 Å². The molecule has 5 nitrogen and oxygen atoms in total. The molecule has 0 bridgehead atoms. The average molecular weight is 429 g/mol. The van der Waals surface area contributed by atoms with E-state index in [0.29, 0.717) is 0 Å². The summed E-state index contributed by atoms with van der Waals surface area (Å²) in [6, 6.07) is 14.7. The van der Waals surface area contributed by atoms with Gasteiger partial charge in [-0.2, -0.15) is 10.2 Å². The van der Waals surface area contributed by atoms with Crippen molar-refractivity contribution in [3.05, 3.63) is 54.4 Å². The summed E-state index contributed by atoms with van der Waals surface area (Å²) in [5.74, 6) is 3.39. The third-order valence-electron chi connectivity index (χ3n) is 7.90. The zero-order chi connectivity index (χ0) is 21.3. The van der Waals surface area contributed by atoms with E-state index in [0.717, 1.165) is 71.2 Å². The van der Waals surface area contributed by atoms with Crippen molar-refractivity contribution in [1.29, 1.82) is 0 Å². The first kappa shape index (κ1) is 20.3. The fourth-order valence-corrected chi connectivity index (χ4v) is 6.29. The Morgan fingerprint density at radius 3 is 2.53 bits per heavy atom. The van der Waals surface area contributed by atoms with E-state index in [4.69, 9.17) is 4.74 Å². The number of ether oxygens (including phenoxy) is 1. The van der Waals surface area contributed by atoms with Crippen molar-refractivity contribution in [1.82, 2.24) is 20.1 Å². The summed E-state index contributed by atoms with van der Waals surface area (Å²) in [5, 5.41) is 10.3. The van der Waals surface area contributed by atoms with Gasteiger partial charge in [-0.05, 0) is 86.1 Å². The summed E-state index contributed by atoms with van der Waals surface area (Å²) in [5.41, 5.74) is 4.19. The van der Waals surface area contributed by atoms with Crippen LogP contribution in [0.5, 0.6) is 0 Å². The van der Waals surface area contributed by atoms with Gasteiger partial charge in [0.05, 0.1) is 16.9 Å². The minimum atomic E-state index is 0.766. The van der Waals surface area contributed by atoms with E-state index in [-0.39, 0.29) is 0 Å². The quantitative estimate of drug-likeness (QED) is 0.594. The fraction of sp³-hybridized carbons (Fsp3) is 0.519. The summed E-state index contributed by atoms with van der Waals surface area (Å²) in [6.07, 6.45) is 8.12. The Morgan fingerprint density at radius 2 is 1.75 bits per heavy atom. The highest BCUT2D eigenvalue weighted by molar-refractivity contribution is 5.83. The second-order valence-corrected chi connectivity index (χ2v) is 10.2. The lowest BCUT2D eigenvalue weighted by Gasteiger charge is -2.27. The van der Waals surface area contributed by atoms with Gasteiger partial charge in [0.2, 0.25) is 0 Å². The molecule has 166 valence electrons. The van der Waals surface area contributed by atoms with Gasteiger partial charge in [0.25, 0.3) is 0 Å². The summed E-state index contributed by atoms with van der Waals surface area (Å²) in [6.45, 7) is 5.83. The SMILES string of the molecule is c1cnc2ccc(-c3ccc(CC4C[C@@H]5CN(CC6CCOCC6)C[C@@H]5C4)nn3)cc2c1. The Kier molecular flexibility index (Phi) is 5.62. The Balaban J connectivity index is 1.04. The number of aromatic nitrogens is 3. The summed E-state index contributed by atoms with van der Waals surface area (Å²) < 4.78 is 5.53. The van der Waals surface area contributed by atoms with Gasteiger partial charge in [0.1, 0.15) is 0 Å². The van der Waals surface area contributed by atoms with Crippen molar-refractivity contribution in [2.24, 2.45) is 23.7 Å². The maximum atomic E-state index is 5.53. The smallest absolute Gasteiger partial charge is 0.0930 e. The van der Waals surface area contributed by atoms with Gasteiger partial charge in [0, 0.05) is 50.0 Å². The van der Waals surface area contributed by atoms with E-state index in [1.165, 1.54) is 45.3 Å². The monoisotopic (exact) mass is 428 g/mol. The van der Waals surface area contributed by atoms with Crippen LogP contribution in [-0.2, 0) is 11.2 Å².